The fourth-order valence-corrected chi connectivity index (χ4v) is 1.85. The zero-order chi connectivity index (χ0) is 11.4. The lowest BCUT2D eigenvalue weighted by Crippen LogP contribution is -2.00. The van der Waals surface area contributed by atoms with Crippen LogP contribution < -0.4 is 11.1 Å². The van der Waals surface area contributed by atoms with E-state index in [4.69, 9.17) is 11.0 Å². The average molecular weight is 230 g/mol. The van der Waals surface area contributed by atoms with Gasteiger partial charge in [0.2, 0.25) is 0 Å². The average Bonchev–Trinajstić information content (AvgIpc) is 2.79. The van der Waals surface area contributed by atoms with Gasteiger partial charge in [0.05, 0.1) is 17.8 Å². The van der Waals surface area contributed by atoms with Crippen LogP contribution in [0.4, 0.5) is 11.4 Å². The Labute approximate surface area is 97.4 Å². The maximum absolute atomic E-state index is 8.73. The van der Waals surface area contributed by atoms with E-state index in [-0.39, 0.29) is 0 Å². The van der Waals surface area contributed by atoms with E-state index in [1.165, 1.54) is 0 Å². The molecule has 0 spiro atoms. The van der Waals surface area contributed by atoms with Gasteiger partial charge in [0.1, 0.15) is 11.1 Å². The minimum atomic E-state index is 0.492. The van der Waals surface area contributed by atoms with Gasteiger partial charge in [0.15, 0.2) is 0 Å². The lowest BCUT2D eigenvalue weighted by atomic mass is 10.2. The molecule has 1 aromatic heterocycles. The van der Waals surface area contributed by atoms with Gasteiger partial charge in [-0.25, -0.2) is 4.98 Å². The standard InChI is InChI=1S/C11H10N4S/c12-6-8-1-2-9(5-10(8)13)15-7-11-14-3-4-16-11/h1-5,15H,7,13H2. The van der Waals surface area contributed by atoms with Crippen molar-refractivity contribution in [1.29, 1.82) is 5.26 Å². The molecule has 3 N–H and O–H groups in total. The molecule has 1 heterocycles. The van der Waals surface area contributed by atoms with Crippen LogP contribution in [0.3, 0.4) is 0 Å². The Morgan fingerprint density at radius 2 is 2.38 bits per heavy atom. The Balaban J connectivity index is 2.06. The molecule has 2 aromatic rings. The summed E-state index contributed by atoms with van der Waals surface area (Å²) in [6.45, 7) is 0.670. The Morgan fingerprint density at radius 1 is 1.50 bits per heavy atom. The zero-order valence-corrected chi connectivity index (χ0v) is 9.29. The molecule has 2 rings (SSSR count). The summed E-state index contributed by atoms with van der Waals surface area (Å²) in [5.41, 5.74) is 7.59. The Kier molecular flexibility index (Phi) is 3.03. The van der Waals surface area contributed by atoms with Crippen molar-refractivity contribution >= 4 is 22.7 Å². The second-order valence-electron chi connectivity index (χ2n) is 3.19. The van der Waals surface area contributed by atoms with Crippen molar-refractivity contribution in [2.75, 3.05) is 11.1 Å². The maximum Gasteiger partial charge on any atom is 0.112 e. The van der Waals surface area contributed by atoms with Crippen LogP contribution in [0, 0.1) is 11.3 Å². The Hall–Kier alpha value is -2.06. The van der Waals surface area contributed by atoms with Crippen LogP contribution in [0.25, 0.3) is 0 Å². The minimum absolute atomic E-state index is 0.492. The lowest BCUT2D eigenvalue weighted by molar-refractivity contribution is 1.10. The number of nitriles is 1. The molecule has 80 valence electrons. The number of benzene rings is 1. The van der Waals surface area contributed by atoms with Crippen molar-refractivity contribution in [1.82, 2.24) is 4.98 Å². The van der Waals surface area contributed by atoms with Crippen molar-refractivity contribution in [3.05, 3.63) is 40.3 Å². The van der Waals surface area contributed by atoms with Crippen LogP contribution in [-0.4, -0.2) is 4.98 Å². The van der Waals surface area contributed by atoms with Crippen LogP contribution in [0.1, 0.15) is 10.6 Å². The van der Waals surface area contributed by atoms with Gasteiger partial charge in [-0.3, -0.25) is 0 Å². The normalized spacial score (nSPS) is 9.69. The molecule has 0 fully saturated rings. The number of nitrogens with two attached hydrogens (primary N) is 1. The molecule has 0 saturated carbocycles. The first kappa shape index (κ1) is 10.5. The van der Waals surface area contributed by atoms with Crippen molar-refractivity contribution in [3.63, 3.8) is 0 Å². The molecule has 0 aliphatic carbocycles. The number of anilines is 2. The monoisotopic (exact) mass is 230 g/mol. The van der Waals surface area contributed by atoms with E-state index in [1.54, 1.807) is 29.7 Å². The summed E-state index contributed by atoms with van der Waals surface area (Å²) < 4.78 is 0. The third-order valence-corrected chi connectivity index (χ3v) is 2.88. The van der Waals surface area contributed by atoms with Gasteiger partial charge >= 0.3 is 0 Å². The molecule has 0 saturated heterocycles. The number of thiazole rings is 1. The largest absolute Gasteiger partial charge is 0.398 e. The molecule has 0 aliphatic rings. The quantitative estimate of drug-likeness (QED) is 0.793. The first-order valence-corrected chi connectivity index (χ1v) is 5.59. The topological polar surface area (TPSA) is 74.7 Å². The van der Waals surface area contributed by atoms with Gasteiger partial charge < -0.3 is 11.1 Å². The van der Waals surface area contributed by atoms with E-state index in [2.05, 4.69) is 10.3 Å². The number of nitrogens with one attached hydrogen (secondary N) is 1. The number of hydrogen-bond donors (Lipinski definition) is 2. The second-order valence-corrected chi connectivity index (χ2v) is 4.17. The Morgan fingerprint density at radius 3 is 3.00 bits per heavy atom. The zero-order valence-electron chi connectivity index (χ0n) is 8.47. The summed E-state index contributed by atoms with van der Waals surface area (Å²) >= 11 is 1.60. The molecular formula is C11H10N4S. The maximum atomic E-state index is 8.73. The number of nitrogens with zero attached hydrogens (tertiary/aromatic N) is 2. The van der Waals surface area contributed by atoms with Crippen molar-refractivity contribution in [2.24, 2.45) is 0 Å². The highest BCUT2D eigenvalue weighted by Gasteiger charge is 2.00. The van der Waals surface area contributed by atoms with E-state index in [0.29, 0.717) is 17.8 Å². The molecule has 16 heavy (non-hydrogen) atoms. The molecule has 4 nitrogen and oxygen atoms in total. The second kappa shape index (κ2) is 4.64. The molecule has 0 unspecified atom stereocenters. The highest BCUT2D eigenvalue weighted by atomic mass is 32.1. The van der Waals surface area contributed by atoms with Crippen LogP contribution >= 0.6 is 11.3 Å². The molecular weight excluding hydrogens is 220 g/mol. The summed E-state index contributed by atoms with van der Waals surface area (Å²) in [5, 5.41) is 14.9. The molecule has 0 bridgehead atoms. The van der Waals surface area contributed by atoms with Crippen LogP contribution in [-0.2, 0) is 6.54 Å². The lowest BCUT2D eigenvalue weighted by Gasteiger charge is -2.05. The van der Waals surface area contributed by atoms with Gasteiger partial charge in [-0.2, -0.15) is 5.26 Å². The molecule has 5 heteroatoms. The highest BCUT2D eigenvalue weighted by molar-refractivity contribution is 7.09. The third kappa shape index (κ3) is 2.30. The summed E-state index contributed by atoms with van der Waals surface area (Å²) in [5.74, 6) is 0. The predicted molar refractivity (Wildman–Crippen MR) is 65.0 cm³/mol. The highest BCUT2D eigenvalue weighted by Crippen LogP contribution is 2.18. The Bertz CT molecular complexity index is 513. The number of nitrogen functional groups attached to an aromatic ring is 1. The molecule has 0 amide bonds. The molecule has 0 radical (unpaired) electrons. The first-order chi connectivity index (χ1) is 7.79. The molecule has 1 aromatic carbocycles. The van der Waals surface area contributed by atoms with E-state index < -0.39 is 0 Å². The van der Waals surface area contributed by atoms with Gasteiger partial charge in [0, 0.05) is 17.3 Å². The summed E-state index contributed by atoms with van der Waals surface area (Å²) in [4.78, 5) is 4.16. The van der Waals surface area contributed by atoms with Crippen molar-refractivity contribution in [2.45, 2.75) is 6.54 Å². The first-order valence-electron chi connectivity index (χ1n) is 4.71. The minimum Gasteiger partial charge on any atom is -0.398 e. The SMILES string of the molecule is N#Cc1ccc(NCc2nccs2)cc1N. The van der Waals surface area contributed by atoms with E-state index in [9.17, 15) is 0 Å². The number of hydrogen-bond acceptors (Lipinski definition) is 5. The van der Waals surface area contributed by atoms with Gasteiger partial charge in [0.25, 0.3) is 0 Å². The number of aromatic nitrogens is 1. The van der Waals surface area contributed by atoms with Crippen LogP contribution in [0.5, 0.6) is 0 Å². The number of rotatable bonds is 3. The predicted octanol–water partition coefficient (Wildman–Crippen LogP) is 2.21. The van der Waals surface area contributed by atoms with Gasteiger partial charge in [-0.15, -0.1) is 11.3 Å². The molecule has 0 atom stereocenters. The van der Waals surface area contributed by atoms with E-state index in [1.807, 2.05) is 17.5 Å². The fourth-order valence-electron chi connectivity index (χ4n) is 1.29. The molecule has 0 aliphatic heterocycles. The summed E-state index contributed by atoms with van der Waals surface area (Å²) in [6.07, 6.45) is 1.77. The van der Waals surface area contributed by atoms with Crippen LogP contribution in [0.2, 0.25) is 0 Å². The third-order valence-electron chi connectivity index (χ3n) is 2.10. The fraction of sp³-hybridized carbons (Fsp3) is 0.0909. The van der Waals surface area contributed by atoms with E-state index in [0.717, 1.165) is 10.7 Å². The van der Waals surface area contributed by atoms with Gasteiger partial charge in [-0.1, -0.05) is 0 Å². The van der Waals surface area contributed by atoms with Gasteiger partial charge in [-0.05, 0) is 18.2 Å². The van der Waals surface area contributed by atoms with Crippen LogP contribution in [0.15, 0.2) is 29.8 Å². The summed E-state index contributed by atoms with van der Waals surface area (Å²) in [6, 6.07) is 7.33. The summed E-state index contributed by atoms with van der Waals surface area (Å²) in [7, 11) is 0. The smallest absolute Gasteiger partial charge is 0.112 e. The van der Waals surface area contributed by atoms with Crippen molar-refractivity contribution in [3.8, 4) is 6.07 Å². The van der Waals surface area contributed by atoms with Crippen molar-refractivity contribution < 1.29 is 0 Å². The van der Waals surface area contributed by atoms with E-state index >= 15 is 0 Å².